The van der Waals surface area contributed by atoms with Crippen molar-refractivity contribution in [1.29, 1.82) is 0 Å². The Hall–Kier alpha value is -1.38. The second kappa shape index (κ2) is 4.03. The summed E-state index contributed by atoms with van der Waals surface area (Å²) in [6.07, 6.45) is 2.27. The number of nitrogens with zero attached hydrogens (tertiary/aromatic N) is 1. The van der Waals surface area contributed by atoms with Crippen LogP contribution >= 0.6 is 0 Å². The predicted octanol–water partition coefficient (Wildman–Crippen LogP) is 0.583. The van der Waals surface area contributed by atoms with Gasteiger partial charge in [0, 0.05) is 12.1 Å². The van der Waals surface area contributed by atoms with E-state index in [9.17, 15) is 4.79 Å². The van der Waals surface area contributed by atoms with Crippen molar-refractivity contribution in [2.75, 3.05) is 0 Å². The highest BCUT2D eigenvalue weighted by molar-refractivity contribution is 5.75. The van der Waals surface area contributed by atoms with Crippen molar-refractivity contribution in [3.05, 3.63) is 30.1 Å². The number of nitrogens with two attached hydrogens (primary N) is 1. The lowest BCUT2D eigenvalue weighted by Crippen LogP contribution is -2.41. The van der Waals surface area contributed by atoms with Crippen LogP contribution < -0.4 is 10.3 Å². The smallest absolute Gasteiger partial charge is 0.228 e. The van der Waals surface area contributed by atoms with E-state index in [0.717, 1.165) is 5.69 Å². The molecular formula is C10H15N2O+. The Labute approximate surface area is 78.2 Å². The van der Waals surface area contributed by atoms with Gasteiger partial charge in [-0.05, 0) is 13.8 Å². The average Bonchev–Trinajstić information content (AvgIpc) is 2.03. The summed E-state index contributed by atoms with van der Waals surface area (Å²) in [6, 6.07) is 6.14. The van der Waals surface area contributed by atoms with Gasteiger partial charge in [-0.2, -0.15) is 4.57 Å². The first-order chi connectivity index (χ1) is 6.11. The molecule has 0 radical (unpaired) electrons. The van der Waals surface area contributed by atoms with E-state index in [2.05, 4.69) is 13.8 Å². The maximum Gasteiger partial charge on any atom is 0.228 e. The fraction of sp³-hybridized carbons (Fsp3) is 0.400. The quantitative estimate of drug-likeness (QED) is 0.678. The van der Waals surface area contributed by atoms with E-state index in [-0.39, 0.29) is 5.91 Å². The molecule has 0 aliphatic heterocycles. The lowest BCUT2D eigenvalue weighted by Gasteiger charge is -2.04. The molecule has 3 nitrogen and oxygen atoms in total. The topological polar surface area (TPSA) is 47.0 Å². The third kappa shape index (κ3) is 2.54. The zero-order valence-electron chi connectivity index (χ0n) is 8.03. The predicted molar refractivity (Wildman–Crippen MR) is 49.9 cm³/mol. The molecule has 1 aromatic heterocycles. The van der Waals surface area contributed by atoms with Gasteiger partial charge in [-0.3, -0.25) is 4.79 Å². The van der Waals surface area contributed by atoms with Gasteiger partial charge in [0.25, 0.3) is 0 Å². The minimum Gasteiger partial charge on any atom is -0.369 e. The van der Waals surface area contributed by atoms with E-state index in [0.29, 0.717) is 12.5 Å². The Morgan fingerprint density at radius 2 is 2.23 bits per heavy atom. The molecule has 0 saturated carbocycles. The normalized spacial score (nSPS) is 10.4. The first kappa shape index (κ1) is 9.71. The summed E-state index contributed by atoms with van der Waals surface area (Å²) in [5.74, 6) is -0.291. The Morgan fingerprint density at radius 1 is 1.54 bits per heavy atom. The van der Waals surface area contributed by atoms with Crippen LogP contribution in [0.5, 0.6) is 0 Å². The number of pyridine rings is 1. The van der Waals surface area contributed by atoms with Crippen molar-refractivity contribution in [2.24, 2.45) is 5.73 Å². The molecule has 0 bridgehead atoms. The maximum absolute atomic E-state index is 10.8. The van der Waals surface area contributed by atoms with Crippen LogP contribution in [-0.4, -0.2) is 5.91 Å². The molecule has 0 unspecified atom stereocenters. The second-order valence-electron chi connectivity index (χ2n) is 3.34. The Balaban J connectivity index is 2.97. The van der Waals surface area contributed by atoms with Crippen LogP contribution in [0, 0.1) is 0 Å². The van der Waals surface area contributed by atoms with Crippen LogP contribution in [0.25, 0.3) is 0 Å². The number of amides is 1. The molecule has 0 atom stereocenters. The molecule has 3 heteroatoms. The summed E-state index contributed by atoms with van der Waals surface area (Å²) >= 11 is 0. The van der Waals surface area contributed by atoms with Gasteiger partial charge < -0.3 is 5.73 Å². The minimum atomic E-state index is -0.291. The van der Waals surface area contributed by atoms with E-state index >= 15 is 0 Å². The highest BCUT2D eigenvalue weighted by atomic mass is 16.1. The molecule has 2 N–H and O–H groups in total. The SMILES string of the molecule is CC(C)[n+]1ccccc1CC(N)=O. The number of hydrogen-bond donors (Lipinski definition) is 1. The summed E-state index contributed by atoms with van der Waals surface area (Å²) in [5.41, 5.74) is 6.10. The highest BCUT2D eigenvalue weighted by Gasteiger charge is 2.14. The first-order valence-corrected chi connectivity index (χ1v) is 4.38. The standard InChI is InChI=1S/C10H14N2O/c1-8(2)12-6-4-3-5-9(12)7-10(11)13/h3-6,8H,7H2,1-2H3,(H-,11,13)/p+1. The maximum atomic E-state index is 10.8. The van der Waals surface area contributed by atoms with E-state index in [1.165, 1.54) is 0 Å². The fourth-order valence-electron chi connectivity index (χ4n) is 1.32. The van der Waals surface area contributed by atoms with Crippen molar-refractivity contribution in [3.63, 3.8) is 0 Å². The zero-order valence-corrected chi connectivity index (χ0v) is 8.03. The number of hydrogen-bond acceptors (Lipinski definition) is 1. The van der Waals surface area contributed by atoms with Gasteiger partial charge in [0.15, 0.2) is 17.9 Å². The average molecular weight is 179 g/mol. The van der Waals surface area contributed by atoms with Gasteiger partial charge in [-0.1, -0.05) is 6.07 Å². The summed E-state index contributed by atoms with van der Waals surface area (Å²) in [5, 5.41) is 0. The minimum absolute atomic E-state index is 0.291. The molecule has 0 saturated heterocycles. The van der Waals surface area contributed by atoms with E-state index in [4.69, 9.17) is 5.73 Å². The van der Waals surface area contributed by atoms with Gasteiger partial charge >= 0.3 is 0 Å². The molecule has 0 aromatic carbocycles. The van der Waals surface area contributed by atoms with Crippen molar-refractivity contribution >= 4 is 5.91 Å². The molecule has 70 valence electrons. The number of primary amides is 1. The van der Waals surface area contributed by atoms with Crippen LogP contribution in [0.3, 0.4) is 0 Å². The molecule has 0 spiro atoms. The zero-order chi connectivity index (χ0) is 9.84. The lowest BCUT2D eigenvalue weighted by molar-refractivity contribution is -0.722. The number of carbonyl (C=O) groups excluding carboxylic acids is 1. The number of aromatic nitrogens is 1. The second-order valence-corrected chi connectivity index (χ2v) is 3.34. The van der Waals surface area contributed by atoms with E-state index in [1.807, 2.05) is 29.0 Å². The Morgan fingerprint density at radius 3 is 2.77 bits per heavy atom. The van der Waals surface area contributed by atoms with Gasteiger partial charge in [0.2, 0.25) is 5.91 Å². The molecule has 0 aliphatic rings. The van der Waals surface area contributed by atoms with Gasteiger partial charge in [-0.15, -0.1) is 0 Å². The third-order valence-corrected chi connectivity index (χ3v) is 1.89. The summed E-state index contributed by atoms with van der Waals surface area (Å²) in [6.45, 7) is 4.15. The van der Waals surface area contributed by atoms with Crippen molar-refractivity contribution in [1.82, 2.24) is 0 Å². The summed E-state index contributed by atoms with van der Waals surface area (Å²) < 4.78 is 2.05. The Bertz CT molecular complexity index is 308. The van der Waals surface area contributed by atoms with Gasteiger partial charge in [0.05, 0.1) is 0 Å². The van der Waals surface area contributed by atoms with Crippen molar-refractivity contribution in [3.8, 4) is 0 Å². The largest absolute Gasteiger partial charge is 0.369 e. The summed E-state index contributed by atoms with van der Waals surface area (Å²) in [7, 11) is 0. The fourth-order valence-corrected chi connectivity index (χ4v) is 1.32. The number of rotatable bonds is 3. The van der Waals surface area contributed by atoms with Crippen LogP contribution in [0.15, 0.2) is 24.4 Å². The van der Waals surface area contributed by atoms with Crippen LogP contribution in [0.1, 0.15) is 25.6 Å². The van der Waals surface area contributed by atoms with Crippen molar-refractivity contribution in [2.45, 2.75) is 26.3 Å². The van der Waals surface area contributed by atoms with E-state index in [1.54, 1.807) is 0 Å². The van der Waals surface area contributed by atoms with Crippen LogP contribution in [-0.2, 0) is 11.2 Å². The molecule has 1 rings (SSSR count). The molecule has 1 aromatic rings. The lowest BCUT2D eigenvalue weighted by atomic mass is 10.2. The van der Waals surface area contributed by atoms with Gasteiger partial charge in [-0.25, -0.2) is 0 Å². The van der Waals surface area contributed by atoms with Crippen LogP contribution in [0.4, 0.5) is 0 Å². The molecular weight excluding hydrogens is 164 g/mol. The summed E-state index contributed by atoms with van der Waals surface area (Å²) in [4.78, 5) is 10.8. The first-order valence-electron chi connectivity index (χ1n) is 4.38. The van der Waals surface area contributed by atoms with Gasteiger partial charge in [0.1, 0.15) is 6.42 Å². The third-order valence-electron chi connectivity index (χ3n) is 1.89. The highest BCUT2D eigenvalue weighted by Crippen LogP contribution is 1.98. The van der Waals surface area contributed by atoms with Crippen LogP contribution in [0.2, 0.25) is 0 Å². The van der Waals surface area contributed by atoms with Crippen molar-refractivity contribution < 1.29 is 9.36 Å². The molecule has 13 heavy (non-hydrogen) atoms. The molecule has 1 heterocycles. The van der Waals surface area contributed by atoms with E-state index < -0.39 is 0 Å². The monoisotopic (exact) mass is 179 g/mol. The Kier molecular flexibility index (Phi) is 3.01. The molecule has 1 amide bonds. The number of carbonyl (C=O) groups is 1. The molecule has 0 aliphatic carbocycles. The molecule has 0 fully saturated rings.